The lowest BCUT2D eigenvalue weighted by Gasteiger charge is -2.23. The second kappa shape index (κ2) is 8.08. The number of rotatable bonds is 6. The van der Waals surface area contributed by atoms with Crippen LogP contribution in [-0.4, -0.2) is 51.1 Å². The lowest BCUT2D eigenvalue weighted by Crippen LogP contribution is -2.37. The number of amides is 2. The fraction of sp³-hybridized carbons (Fsp3) is 0.304. The zero-order chi connectivity index (χ0) is 22.2. The van der Waals surface area contributed by atoms with E-state index in [1.54, 1.807) is 6.07 Å². The van der Waals surface area contributed by atoms with Gasteiger partial charge in [-0.15, -0.1) is 0 Å². The first-order valence-electron chi connectivity index (χ1n) is 10.8. The van der Waals surface area contributed by atoms with Crippen molar-refractivity contribution >= 4 is 39.8 Å². The molecule has 0 aliphatic carbocycles. The Bertz CT molecular complexity index is 1340. The summed E-state index contributed by atoms with van der Waals surface area (Å²) >= 11 is 0. The van der Waals surface area contributed by atoms with Crippen LogP contribution >= 0.6 is 0 Å². The average Bonchev–Trinajstić information content (AvgIpc) is 3.35. The van der Waals surface area contributed by atoms with Gasteiger partial charge in [0, 0.05) is 18.5 Å². The van der Waals surface area contributed by atoms with Crippen molar-refractivity contribution in [2.45, 2.75) is 25.9 Å². The molecule has 2 amide bonds. The van der Waals surface area contributed by atoms with Crippen LogP contribution in [0.25, 0.3) is 22.1 Å². The normalized spacial score (nSPS) is 15.7. The van der Waals surface area contributed by atoms with Crippen LogP contribution < -0.4 is 16.0 Å². The molecule has 0 radical (unpaired) electrons. The minimum atomic E-state index is -0.333. The molecular formula is C23H25N7O2. The van der Waals surface area contributed by atoms with Crippen molar-refractivity contribution in [2.24, 2.45) is 0 Å². The van der Waals surface area contributed by atoms with Crippen LogP contribution in [0, 0.1) is 0 Å². The first kappa shape index (κ1) is 20.2. The van der Waals surface area contributed by atoms with Gasteiger partial charge in [0.25, 0.3) is 11.8 Å². The Morgan fingerprint density at radius 1 is 1.22 bits per heavy atom. The van der Waals surface area contributed by atoms with Gasteiger partial charge in [-0.2, -0.15) is 0 Å². The second-order valence-electron chi connectivity index (χ2n) is 8.05. The standard InChI is InChI=1S/C23H25N7O2/c1-14-13-25-22(32)19-12-15-8-9-17(26-20(15)30(14)19)21(31)28-23-27-16-6-3-4-7-18(16)29(23)11-5-10-24-2/h3-4,6-9,12,14,24H,5,10-11,13H2,1-2H3,(H,25,32)(H,27,28,31). The van der Waals surface area contributed by atoms with E-state index in [4.69, 9.17) is 0 Å². The average molecular weight is 432 g/mol. The van der Waals surface area contributed by atoms with E-state index in [2.05, 4.69) is 25.9 Å². The summed E-state index contributed by atoms with van der Waals surface area (Å²) in [6.45, 7) is 4.14. The van der Waals surface area contributed by atoms with Gasteiger partial charge >= 0.3 is 0 Å². The molecule has 1 aromatic carbocycles. The Hall–Kier alpha value is -3.72. The van der Waals surface area contributed by atoms with Gasteiger partial charge in [-0.05, 0) is 57.3 Å². The van der Waals surface area contributed by atoms with Gasteiger partial charge in [-0.1, -0.05) is 12.1 Å². The van der Waals surface area contributed by atoms with Crippen molar-refractivity contribution in [3.63, 3.8) is 0 Å². The van der Waals surface area contributed by atoms with Crippen molar-refractivity contribution in [3.05, 3.63) is 53.9 Å². The molecule has 0 fully saturated rings. The van der Waals surface area contributed by atoms with Gasteiger partial charge in [0.1, 0.15) is 17.0 Å². The number of carbonyl (C=O) groups excluding carboxylic acids is 2. The third-order valence-corrected chi connectivity index (χ3v) is 5.84. The second-order valence-corrected chi connectivity index (χ2v) is 8.05. The number of para-hydroxylation sites is 2. The number of aromatic nitrogens is 4. The van der Waals surface area contributed by atoms with Crippen molar-refractivity contribution in [3.8, 4) is 0 Å². The summed E-state index contributed by atoms with van der Waals surface area (Å²) < 4.78 is 3.92. The minimum absolute atomic E-state index is 0.0578. The predicted octanol–water partition coefficient (Wildman–Crippen LogP) is 2.55. The maximum atomic E-state index is 13.1. The van der Waals surface area contributed by atoms with E-state index < -0.39 is 0 Å². The van der Waals surface area contributed by atoms with E-state index in [-0.39, 0.29) is 23.6 Å². The largest absolute Gasteiger partial charge is 0.349 e. The van der Waals surface area contributed by atoms with Crippen LogP contribution in [0.2, 0.25) is 0 Å². The zero-order valence-electron chi connectivity index (χ0n) is 18.1. The summed E-state index contributed by atoms with van der Waals surface area (Å²) in [5.74, 6) is 0.0436. The lowest BCUT2D eigenvalue weighted by molar-refractivity contribution is 0.0918. The monoisotopic (exact) mass is 431 g/mol. The van der Waals surface area contributed by atoms with Gasteiger partial charge in [0.15, 0.2) is 0 Å². The van der Waals surface area contributed by atoms with E-state index in [0.717, 1.165) is 35.9 Å². The van der Waals surface area contributed by atoms with Crippen LogP contribution in [0.4, 0.5) is 5.95 Å². The van der Waals surface area contributed by atoms with E-state index in [9.17, 15) is 9.59 Å². The van der Waals surface area contributed by atoms with Crippen LogP contribution in [0.3, 0.4) is 0 Å². The smallest absolute Gasteiger partial charge is 0.276 e. The molecule has 32 heavy (non-hydrogen) atoms. The van der Waals surface area contributed by atoms with E-state index in [1.807, 2.05) is 59.5 Å². The number of benzene rings is 1. The quantitative estimate of drug-likeness (QED) is 0.407. The number of fused-ring (bicyclic) bond motifs is 4. The Balaban J connectivity index is 1.49. The van der Waals surface area contributed by atoms with E-state index >= 15 is 0 Å². The number of hydrogen-bond acceptors (Lipinski definition) is 5. The lowest BCUT2D eigenvalue weighted by atomic mass is 10.2. The maximum Gasteiger partial charge on any atom is 0.276 e. The highest BCUT2D eigenvalue weighted by molar-refractivity contribution is 6.05. The number of imidazole rings is 1. The highest BCUT2D eigenvalue weighted by Gasteiger charge is 2.26. The molecule has 3 N–H and O–H groups in total. The number of aryl methyl sites for hydroxylation is 1. The van der Waals surface area contributed by atoms with Crippen LogP contribution in [0.15, 0.2) is 42.5 Å². The van der Waals surface area contributed by atoms with Gasteiger partial charge in [-0.25, -0.2) is 9.97 Å². The Morgan fingerprint density at radius 2 is 2.06 bits per heavy atom. The molecule has 3 aromatic heterocycles. The molecule has 0 saturated carbocycles. The summed E-state index contributed by atoms with van der Waals surface area (Å²) in [4.78, 5) is 34.6. The van der Waals surface area contributed by atoms with E-state index in [1.165, 1.54) is 0 Å². The topological polar surface area (TPSA) is 106 Å². The molecular weight excluding hydrogens is 406 g/mol. The van der Waals surface area contributed by atoms with E-state index in [0.29, 0.717) is 23.8 Å². The fourth-order valence-corrected chi connectivity index (χ4v) is 4.24. The molecule has 9 nitrogen and oxygen atoms in total. The summed E-state index contributed by atoms with van der Waals surface area (Å²) in [5.41, 5.74) is 3.29. The zero-order valence-corrected chi connectivity index (χ0v) is 18.1. The molecule has 4 aromatic rings. The molecule has 9 heteroatoms. The van der Waals surface area contributed by atoms with Crippen LogP contribution in [-0.2, 0) is 6.54 Å². The molecule has 0 spiro atoms. The molecule has 1 unspecified atom stereocenters. The highest BCUT2D eigenvalue weighted by Crippen LogP contribution is 2.26. The number of pyridine rings is 1. The van der Waals surface area contributed by atoms with Crippen molar-refractivity contribution in [2.75, 3.05) is 25.5 Å². The third kappa shape index (κ3) is 3.40. The molecule has 1 aliphatic heterocycles. The maximum absolute atomic E-state index is 13.1. The fourth-order valence-electron chi connectivity index (χ4n) is 4.24. The van der Waals surface area contributed by atoms with Gasteiger partial charge < -0.3 is 19.8 Å². The third-order valence-electron chi connectivity index (χ3n) is 5.84. The summed E-state index contributed by atoms with van der Waals surface area (Å²) in [6, 6.07) is 13.2. The highest BCUT2D eigenvalue weighted by atomic mass is 16.2. The Labute approximate surface area is 184 Å². The number of anilines is 1. The van der Waals surface area contributed by atoms with Crippen molar-refractivity contribution in [1.82, 2.24) is 29.7 Å². The number of nitrogens with zero attached hydrogens (tertiary/aromatic N) is 4. The van der Waals surface area contributed by atoms with Crippen LogP contribution in [0.1, 0.15) is 40.4 Å². The number of nitrogens with one attached hydrogen (secondary N) is 3. The minimum Gasteiger partial charge on any atom is -0.349 e. The Kier molecular flexibility index (Phi) is 5.10. The number of hydrogen-bond donors (Lipinski definition) is 3. The predicted molar refractivity (Wildman–Crippen MR) is 123 cm³/mol. The first-order chi connectivity index (χ1) is 15.6. The molecule has 4 heterocycles. The Morgan fingerprint density at radius 3 is 2.91 bits per heavy atom. The molecule has 1 aliphatic rings. The molecule has 5 rings (SSSR count). The molecule has 0 saturated heterocycles. The summed E-state index contributed by atoms with van der Waals surface area (Å²) in [5, 5.41) is 9.80. The molecule has 164 valence electrons. The van der Waals surface area contributed by atoms with Crippen molar-refractivity contribution in [1.29, 1.82) is 0 Å². The molecule has 1 atom stereocenters. The molecule has 0 bridgehead atoms. The summed E-state index contributed by atoms with van der Waals surface area (Å²) in [6.07, 6.45) is 0.903. The van der Waals surface area contributed by atoms with Crippen LogP contribution in [0.5, 0.6) is 0 Å². The van der Waals surface area contributed by atoms with Gasteiger partial charge in [-0.3, -0.25) is 14.9 Å². The SMILES string of the molecule is CNCCCn1c(NC(=O)c2ccc3cc4n(c3n2)C(C)CNC4=O)nc2ccccc21. The van der Waals surface area contributed by atoms with Gasteiger partial charge in [0.05, 0.1) is 17.1 Å². The summed E-state index contributed by atoms with van der Waals surface area (Å²) in [7, 11) is 1.92. The van der Waals surface area contributed by atoms with Gasteiger partial charge in [0.2, 0.25) is 5.95 Å². The first-order valence-corrected chi connectivity index (χ1v) is 10.8. The number of carbonyl (C=O) groups is 2. The van der Waals surface area contributed by atoms with Crippen molar-refractivity contribution < 1.29 is 9.59 Å².